The Morgan fingerprint density at radius 2 is 1.77 bits per heavy atom. The zero-order chi connectivity index (χ0) is 21.3. The lowest BCUT2D eigenvalue weighted by Gasteiger charge is -2.26. The Morgan fingerprint density at radius 3 is 2.47 bits per heavy atom. The zero-order valence-corrected chi connectivity index (χ0v) is 16.7. The lowest BCUT2D eigenvalue weighted by molar-refractivity contribution is -0.130. The first-order valence-electron chi connectivity index (χ1n) is 9.61. The summed E-state index contributed by atoms with van der Waals surface area (Å²) in [5, 5.41) is 3.21. The van der Waals surface area contributed by atoms with Gasteiger partial charge >= 0.3 is 6.03 Å². The molecule has 1 fully saturated rings. The molecule has 7 nitrogen and oxygen atoms in total. The largest absolute Gasteiger partial charge is 0.497 e. The molecule has 1 N–H and O–H groups in total. The maximum absolute atomic E-state index is 13.0. The second-order valence-electron chi connectivity index (χ2n) is 6.94. The van der Waals surface area contributed by atoms with E-state index >= 15 is 0 Å². The summed E-state index contributed by atoms with van der Waals surface area (Å²) in [4.78, 5) is 38.8. The molecule has 3 aromatic rings. The van der Waals surface area contributed by atoms with Crippen LogP contribution in [0.4, 0.5) is 4.79 Å². The molecule has 1 saturated heterocycles. The number of ether oxygens (including phenoxy) is 1. The van der Waals surface area contributed by atoms with Crippen LogP contribution in [0.3, 0.4) is 0 Å². The van der Waals surface area contributed by atoms with E-state index in [0.717, 1.165) is 33.5 Å². The minimum absolute atomic E-state index is 0.0516. The molecule has 0 unspecified atom stereocenters. The molecule has 1 aliphatic rings. The zero-order valence-electron chi connectivity index (χ0n) is 16.7. The second-order valence-corrected chi connectivity index (χ2v) is 6.94. The van der Waals surface area contributed by atoms with Crippen LogP contribution in [0.5, 0.6) is 5.75 Å². The van der Waals surface area contributed by atoms with Crippen LogP contribution < -0.4 is 10.1 Å². The van der Waals surface area contributed by atoms with Crippen molar-refractivity contribution in [2.24, 2.45) is 0 Å². The van der Waals surface area contributed by atoms with Gasteiger partial charge in [0.25, 0.3) is 11.8 Å². The van der Waals surface area contributed by atoms with Crippen molar-refractivity contribution in [2.45, 2.75) is 20.0 Å². The minimum Gasteiger partial charge on any atom is -0.497 e. The van der Waals surface area contributed by atoms with Crippen LogP contribution >= 0.6 is 0 Å². The summed E-state index contributed by atoms with van der Waals surface area (Å²) >= 11 is 0. The van der Waals surface area contributed by atoms with Crippen LogP contribution in [0.15, 0.2) is 60.3 Å². The number of benzene rings is 2. The molecular weight excluding hydrogens is 382 g/mol. The summed E-state index contributed by atoms with van der Waals surface area (Å²) in [5.41, 5.74) is 2.45. The van der Waals surface area contributed by atoms with E-state index < -0.39 is 17.8 Å². The third-order valence-electron chi connectivity index (χ3n) is 5.15. The van der Waals surface area contributed by atoms with Crippen LogP contribution in [0.1, 0.15) is 18.1 Å². The number of barbiturate groups is 1. The van der Waals surface area contributed by atoms with Crippen molar-refractivity contribution in [1.29, 1.82) is 0 Å². The Labute approximate surface area is 173 Å². The van der Waals surface area contributed by atoms with E-state index in [-0.39, 0.29) is 12.1 Å². The molecular formula is C23H21N3O4. The molecule has 4 rings (SSSR count). The number of aryl methyl sites for hydroxylation is 1. The topological polar surface area (TPSA) is 80.6 Å². The fraction of sp³-hybridized carbons (Fsp3) is 0.174. The number of fused-ring (bicyclic) bond motifs is 1. The van der Waals surface area contributed by atoms with Gasteiger partial charge in [-0.15, -0.1) is 0 Å². The predicted molar refractivity (Wildman–Crippen MR) is 113 cm³/mol. The SMILES string of the molecule is CCn1cc(/C=C2\C(=O)NC(=O)N(Cc3ccc(OC)cc3)C2=O)c2ccccc21. The van der Waals surface area contributed by atoms with Crippen molar-refractivity contribution >= 4 is 34.8 Å². The van der Waals surface area contributed by atoms with Crippen molar-refractivity contribution < 1.29 is 19.1 Å². The first-order chi connectivity index (χ1) is 14.5. The first kappa shape index (κ1) is 19.4. The van der Waals surface area contributed by atoms with Crippen molar-refractivity contribution in [3.05, 3.63) is 71.4 Å². The van der Waals surface area contributed by atoms with Gasteiger partial charge < -0.3 is 9.30 Å². The number of rotatable bonds is 5. The van der Waals surface area contributed by atoms with Gasteiger partial charge in [0.2, 0.25) is 0 Å². The Balaban J connectivity index is 1.69. The Hall–Kier alpha value is -3.87. The fourth-order valence-corrected chi connectivity index (χ4v) is 3.56. The molecule has 0 bridgehead atoms. The molecule has 0 spiro atoms. The molecule has 1 aromatic heterocycles. The number of urea groups is 1. The summed E-state index contributed by atoms with van der Waals surface area (Å²) < 4.78 is 7.18. The summed E-state index contributed by atoms with van der Waals surface area (Å²) in [6.45, 7) is 2.83. The quantitative estimate of drug-likeness (QED) is 0.523. The van der Waals surface area contributed by atoms with E-state index in [4.69, 9.17) is 4.74 Å². The maximum Gasteiger partial charge on any atom is 0.331 e. The molecule has 2 heterocycles. The van der Waals surface area contributed by atoms with Gasteiger partial charge in [-0.25, -0.2) is 4.79 Å². The number of hydrogen-bond acceptors (Lipinski definition) is 4. The average Bonchev–Trinajstić information content (AvgIpc) is 3.12. The monoisotopic (exact) mass is 403 g/mol. The predicted octanol–water partition coefficient (Wildman–Crippen LogP) is 3.33. The molecule has 0 aliphatic carbocycles. The van der Waals surface area contributed by atoms with Crippen molar-refractivity contribution in [3.63, 3.8) is 0 Å². The average molecular weight is 403 g/mol. The maximum atomic E-state index is 13.0. The van der Waals surface area contributed by atoms with E-state index in [9.17, 15) is 14.4 Å². The molecule has 2 aromatic carbocycles. The third kappa shape index (κ3) is 3.45. The van der Waals surface area contributed by atoms with Gasteiger partial charge in [-0.3, -0.25) is 19.8 Å². The van der Waals surface area contributed by atoms with E-state index in [2.05, 4.69) is 5.32 Å². The highest BCUT2D eigenvalue weighted by Crippen LogP contribution is 2.25. The Kier molecular flexibility index (Phi) is 5.10. The first-order valence-corrected chi connectivity index (χ1v) is 9.61. The van der Waals surface area contributed by atoms with Crippen molar-refractivity contribution in [3.8, 4) is 5.75 Å². The molecule has 30 heavy (non-hydrogen) atoms. The van der Waals surface area contributed by atoms with E-state index in [1.165, 1.54) is 0 Å². The van der Waals surface area contributed by atoms with Crippen LogP contribution in [0.25, 0.3) is 17.0 Å². The van der Waals surface area contributed by atoms with E-state index in [0.29, 0.717) is 5.75 Å². The Bertz CT molecular complexity index is 1170. The molecule has 7 heteroatoms. The highest BCUT2D eigenvalue weighted by atomic mass is 16.5. The third-order valence-corrected chi connectivity index (χ3v) is 5.15. The normalized spacial score (nSPS) is 15.7. The van der Waals surface area contributed by atoms with E-state index in [1.54, 1.807) is 37.5 Å². The molecule has 1 aliphatic heterocycles. The van der Waals surface area contributed by atoms with Gasteiger partial charge in [0.05, 0.1) is 13.7 Å². The number of nitrogens with one attached hydrogen (secondary N) is 1. The van der Waals surface area contributed by atoms with Gasteiger partial charge in [-0.1, -0.05) is 30.3 Å². The molecule has 0 saturated carbocycles. The van der Waals surface area contributed by atoms with Gasteiger partial charge in [0.15, 0.2) is 0 Å². The number of amides is 4. The summed E-state index contributed by atoms with van der Waals surface area (Å²) in [6, 6.07) is 14.1. The molecule has 4 amide bonds. The number of carbonyl (C=O) groups is 3. The molecule has 0 radical (unpaired) electrons. The van der Waals surface area contributed by atoms with Crippen molar-refractivity contribution in [2.75, 3.05) is 7.11 Å². The fourth-order valence-electron chi connectivity index (χ4n) is 3.56. The minimum atomic E-state index is -0.728. The van der Waals surface area contributed by atoms with Crippen LogP contribution in [0.2, 0.25) is 0 Å². The number of aromatic nitrogens is 1. The standard InChI is InChI=1S/C23H21N3O4/c1-3-25-14-16(18-6-4-5-7-20(18)25)12-19-21(27)24-23(29)26(22(19)28)13-15-8-10-17(30-2)11-9-15/h4-12,14H,3,13H2,1-2H3,(H,24,27,29)/b19-12+. The lowest BCUT2D eigenvalue weighted by atomic mass is 10.1. The highest BCUT2D eigenvalue weighted by Gasteiger charge is 2.35. The number of para-hydroxylation sites is 1. The van der Waals surface area contributed by atoms with Crippen LogP contribution in [0, 0.1) is 0 Å². The summed E-state index contributed by atoms with van der Waals surface area (Å²) in [6.07, 6.45) is 3.46. The smallest absolute Gasteiger partial charge is 0.331 e. The second kappa shape index (κ2) is 7.87. The van der Waals surface area contributed by atoms with Crippen molar-refractivity contribution in [1.82, 2.24) is 14.8 Å². The Morgan fingerprint density at radius 1 is 1.03 bits per heavy atom. The number of methoxy groups -OCH3 is 1. The number of nitrogens with zero attached hydrogens (tertiary/aromatic N) is 2. The lowest BCUT2D eigenvalue weighted by Crippen LogP contribution is -2.53. The number of hydrogen-bond donors (Lipinski definition) is 1. The van der Waals surface area contributed by atoms with Gasteiger partial charge in [0, 0.05) is 29.2 Å². The van der Waals surface area contributed by atoms with Crippen LogP contribution in [-0.2, 0) is 22.7 Å². The molecule has 0 atom stereocenters. The van der Waals surface area contributed by atoms with Gasteiger partial charge in [-0.2, -0.15) is 0 Å². The number of carbonyl (C=O) groups excluding carboxylic acids is 3. The highest BCUT2D eigenvalue weighted by molar-refractivity contribution is 6.31. The van der Waals surface area contributed by atoms with Crippen LogP contribution in [-0.4, -0.2) is 34.4 Å². The number of imide groups is 2. The summed E-state index contributed by atoms with van der Waals surface area (Å²) in [7, 11) is 1.56. The van der Waals surface area contributed by atoms with Gasteiger partial charge in [-0.05, 0) is 36.8 Å². The van der Waals surface area contributed by atoms with E-state index in [1.807, 2.05) is 42.0 Å². The summed E-state index contributed by atoms with van der Waals surface area (Å²) in [5.74, 6) is -0.631. The van der Waals surface area contributed by atoms with Gasteiger partial charge in [0.1, 0.15) is 11.3 Å². The molecule has 152 valence electrons.